The van der Waals surface area contributed by atoms with Crippen LogP contribution in [0.3, 0.4) is 0 Å². The monoisotopic (exact) mass is 229 g/mol. The second kappa shape index (κ2) is 5.08. The summed E-state index contributed by atoms with van der Waals surface area (Å²) in [6.07, 6.45) is 0. The van der Waals surface area contributed by atoms with E-state index in [9.17, 15) is 0 Å². The van der Waals surface area contributed by atoms with Gasteiger partial charge in [-0.2, -0.15) is 0 Å². The van der Waals surface area contributed by atoms with Gasteiger partial charge < -0.3 is 5.73 Å². The lowest BCUT2D eigenvalue weighted by atomic mass is 10.2. The van der Waals surface area contributed by atoms with Crippen molar-refractivity contribution in [1.29, 1.82) is 0 Å². The Hall–Kier alpha value is -1.41. The van der Waals surface area contributed by atoms with Crippen LogP contribution in [0.2, 0.25) is 0 Å². The Morgan fingerprint density at radius 1 is 0.938 bits per heavy atom. The van der Waals surface area contributed by atoms with Gasteiger partial charge in [0.15, 0.2) is 0 Å². The van der Waals surface area contributed by atoms with E-state index >= 15 is 0 Å². The molecule has 0 aliphatic rings. The van der Waals surface area contributed by atoms with E-state index < -0.39 is 0 Å². The van der Waals surface area contributed by atoms with E-state index in [0.717, 1.165) is 11.4 Å². The summed E-state index contributed by atoms with van der Waals surface area (Å²) in [5, 5.41) is 0. The average Bonchev–Trinajstić information content (AvgIpc) is 2.30. The highest BCUT2D eigenvalue weighted by Gasteiger charge is 1.96. The molecule has 0 aliphatic carbocycles. The lowest BCUT2D eigenvalue weighted by molar-refractivity contribution is 1.35. The van der Waals surface area contributed by atoms with Gasteiger partial charge in [-0.05, 0) is 36.8 Å². The number of thioether (sulfide) groups is 1. The number of rotatable bonds is 3. The molecule has 0 amide bonds. The molecule has 0 aromatic heterocycles. The van der Waals surface area contributed by atoms with Gasteiger partial charge in [0.1, 0.15) is 0 Å². The van der Waals surface area contributed by atoms with Crippen molar-refractivity contribution >= 4 is 17.4 Å². The molecule has 0 aliphatic heterocycles. The van der Waals surface area contributed by atoms with Gasteiger partial charge in [-0.15, -0.1) is 11.8 Å². The summed E-state index contributed by atoms with van der Waals surface area (Å²) in [4.78, 5) is 1.31. The first kappa shape index (κ1) is 11.1. The molecule has 2 aromatic rings. The third-order valence-electron chi connectivity index (χ3n) is 2.41. The van der Waals surface area contributed by atoms with Gasteiger partial charge in [0.25, 0.3) is 0 Å². The molecule has 0 saturated heterocycles. The maximum Gasteiger partial charge on any atom is 0.0314 e. The molecule has 0 saturated carbocycles. The van der Waals surface area contributed by atoms with Gasteiger partial charge in [0, 0.05) is 16.3 Å². The topological polar surface area (TPSA) is 26.0 Å². The summed E-state index contributed by atoms with van der Waals surface area (Å²) in [5.74, 6) is 0.989. The van der Waals surface area contributed by atoms with Gasteiger partial charge in [0.2, 0.25) is 0 Å². The summed E-state index contributed by atoms with van der Waals surface area (Å²) < 4.78 is 0. The Morgan fingerprint density at radius 3 is 2.19 bits per heavy atom. The van der Waals surface area contributed by atoms with Crippen molar-refractivity contribution in [3.8, 4) is 0 Å². The molecule has 2 rings (SSSR count). The molecule has 2 aromatic carbocycles. The number of nitrogens with two attached hydrogens (primary N) is 1. The zero-order valence-corrected chi connectivity index (χ0v) is 10.1. The van der Waals surface area contributed by atoms with Crippen LogP contribution in [-0.4, -0.2) is 0 Å². The molecule has 2 N–H and O–H groups in total. The molecule has 0 atom stereocenters. The minimum atomic E-state index is 0.823. The number of anilines is 1. The predicted molar refractivity (Wildman–Crippen MR) is 71.6 cm³/mol. The molecule has 0 heterocycles. The van der Waals surface area contributed by atoms with Crippen LogP contribution >= 0.6 is 11.8 Å². The van der Waals surface area contributed by atoms with Gasteiger partial charge in [-0.25, -0.2) is 0 Å². The van der Waals surface area contributed by atoms with E-state index in [4.69, 9.17) is 5.73 Å². The molecule has 1 nitrogen and oxygen atoms in total. The van der Waals surface area contributed by atoms with Crippen molar-refractivity contribution in [2.45, 2.75) is 17.6 Å². The van der Waals surface area contributed by atoms with Gasteiger partial charge >= 0.3 is 0 Å². The SMILES string of the molecule is Cc1ccc(SCc2ccc(N)cc2)cc1. The van der Waals surface area contributed by atoms with E-state index in [0.29, 0.717) is 0 Å². The minimum absolute atomic E-state index is 0.823. The van der Waals surface area contributed by atoms with E-state index in [-0.39, 0.29) is 0 Å². The number of aryl methyl sites for hydroxylation is 1. The normalized spacial score (nSPS) is 10.3. The zero-order chi connectivity index (χ0) is 11.4. The lowest BCUT2D eigenvalue weighted by Crippen LogP contribution is -1.85. The number of benzene rings is 2. The van der Waals surface area contributed by atoms with Crippen LogP contribution in [0.25, 0.3) is 0 Å². The van der Waals surface area contributed by atoms with Crippen molar-refractivity contribution < 1.29 is 0 Å². The van der Waals surface area contributed by atoms with Crippen molar-refractivity contribution in [2.24, 2.45) is 0 Å². The van der Waals surface area contributed by atoms with Crippen LogP contribution in [0.15, 0.2) is 53.4 Å². The Labute approximate surface area is 101 Å². The zero-order valence-electron chi connectivity index (χ0n) is 9.31. The highest BCUT2D eigenvalue weighted by atomic mass is 32.2. The van der Waals surface area contributed by atoms with E-state index in [1.54, 1.807) is 0 Å². The molecule has 16 heavy (non-hydrogen) atoms. The molecule has 82 valence electrons. The van der Waals surface area contributed by atoms with Crippen molar-refractivity contribution in [3.05, 3.63) is 59.7 Å². The Kier molecular flexibility index (Phi) is 3.52. The summed E-state index contributed by atoms with van der Waals surface area (Å²) >= 11 is 1.85. The largest absolute Gasteiger partial charge is 0.399 e. The fourth-order valence-electron chi connectivity index (χ4n) is 1.42. The highest BCUT2D eigenvalue weighted by molar-refractivity contribution is 7.98. The third kappa shape index (κ3) is 3.04. The van der Waals surface area contributed by atoms with Crippen LogP contribution in [-0.2, 0) is 5.75 Å². The molecular weight excluding hydrogens is 214 g/mol. The van der Waals surface area contributed by atoms with Gasteiger partial charge in [-0.1, -0.05) is 29.8 Å². The first-order valence-corrected chi connectivity index (χ1v) is 6.26. The molecule has 2 heteroatoms. The molecule has 0 unspecified atom stereocenters. The Balaban J connectivity index is 1.97. The van der Waals surface area contributed by atoms with E-state index in [1.807, 2.05) is 23.9 Å². The first-order chi connectivity index (χ1) is 7.74. The van der Waals surface area contributed by atoms with Gasteiger partial charge in [0.05, 0.1) is 0 Å². The highest BCUT2D eigenvalue weighted by Crippen LogP contribution is 2.23. The number of hydrogen-bond acceptors (Lipinski definition) is 2. The van der Waals surface area contributed by atoms with Crippen LogP contribution in [0.5, 0.6) is 0 Å². The lowest BCUT2D eigenvalue weighted by Gasteiger charge is -2.03. The third-order valence-corrected chi connectivity index (χ3v) is 3.49. The molecule has 0 radical (unpaired) electrons. The fourth-order valence-corrected chi connectivity index (χ4v) is 2.27. The summed E-state index contributed by atoms with van der Waals surface area (Å²) in [5.41, 5.74) is 9.07. The second-order valence-corrected chi connectivity index (χ2v) is 4.89. The van der Waals surface area contributed by atoms with E-state index in [1.165, 1.54) is 16.0 Å². The Bertz CT molecular complexity index is 400. The predicted octanol–water partition coefficient (Wildman–Crippen LogP) is 3.87. The van der Waals surface area contributed by atoms with Crippen molar-refractivity contribution in [3.63, 3.8) is 0 Å². The standard InChI is InChI=1S/C14H15NS/c1-11-2-8-14(9-3-11)16-10-12-4-6-13(15)7-5-12/h2-9H,10,15H2,1H3. The summed E-state index contributed by atoms with van der Waals surface area (Å²) in [7, 11) is 0. The second-order valence-electron chi connectivity index (χ2n) is 3.84. The van der Waals surface area contributed by atoms with E-state index in [2.05, 4.69) is 43.3 Å². The molecule has 0 spiro atoms. The maximum absolute atomic E-state index is 5.64. The molecular formula is C14H15NS. The van der Waals surface area contributed by atoms with Crippen LogP contribution in [0.1, 0.15) is 11.1 Å². The van der Waals surface area contributed by atoms with Crippen molar-refractivity contribution in [1.82, 2.24) is 0 Å². The van der Waals surface area contributed by atoms with Gasteiger partial charge in [-0.3, -0.25) is 0 Å². The quantitative estimate of drug-likeness (QED) is 0.638. The summed E-state index contributed by atoms with van der Waals surface area (Å²) in [6, 6.07) is 16.7. The summed E-state index contributed by atoms with van der Waals surface area (Å²) in [6.45, 7) is 2.11. The molecule has 0 bridgehead atoms. The Morgan fingerprint density at radius 2 is 1.56 bits per heavy atom. The minimum Gasteiger partial charge on any atom is -0.399 e. The number of hydrogen-bond donors (Lipinski definition) is 1. The maximum atomic E-state index is 5.64. The van der Waals surface area contributed by atoms with Crippen LogP contribution in [0.4, 0.5) is 5.69 Å². The first-order valence-electron chi connectivity index (χ1n) is 5.28. The smallest absolute Gasteiger partial charge is 0.0314 e. The average molecular weight is 229 g/mol. The fraction of sp³-hybridized carbons (Fsp3) is 0.143. The van der Waals surface area contributed by atoms with Crippen LogP contribution < -0.4 is 5.73 Å². The van der Waals surface area contributed by atoms with Crippen LogP contribution in [0, 0.1) is 6.92 Å². The number of nitrogen functional groups attached to an aromatic ring is 1. The molecule has 0 fully saturated rings. The van der Waals surface area contributed by atoms with Crippen molar-refractivity contribution in [2.75, 3.05) is 5.73 Å².